The van der Waals surface area contributed by atoms with Crippen LogP contribution in [0.1, 0.15) is 13.8 Å². The van der Waals surface area contributed by atoms with E-state index in [9.17, 15) is 14.4 Å². The van der Waals surface area contributed by atoms with Crippen LogP contribution in [-0.4, -0.2) is 42.0 Å². The molecule has 1 N–H and O–H groups in total. The largest absolute Gasteiger partial charge is 0.468 e. The van der Waals surface area contributed by atoms with Crippen molar-refractivity contribution in [1.29, 1.82) is 0 Å². The van der Waals surface area contributed by atoms with Crippen LogP contribution in [0.3, 0.4) is 0 Å². The average Bonchev–Trinajstić information content (AvgIpc) is 2.28. The van der Waals surface area contributed by atoms with Crippen molar-refractivity contribution in [1.82, 2.24) is 10.2 Å². The van der Waals surface area contributed by atoms with Gasteiger partial charge in [0.15, 0.2) is 0 Å². The van der Waals surface area contributed by atoms with Gasteiger partial charge < -0.3 is 4.74 Å². The van der Waals surface area contributed by atoms with Gasteiger partial charge in [0.1, 0.15) is 12.1 Å². The van der Waals surface area contributed by atoms with Gasteiger partial charge in [-0.25, -0.2) is 4.79 Å². The Labute approximate surface area is 81.2 Å². The summed E-state index contributed by atoms with van der Waals surface area (Å²) < 4.78 is 4.42. The number of urea groups is 1. The van der Waals surface area contributed by atoms with Gasteiger partial charge in [0.2, 0.25) is 0 Å². The van der Waals surface area contributed by atoms with Crippen molar-refractivity contribution >= 4 is 17.9 Å². The molecule has 6 nitrogen and oxygen atoms in total. The molecule has 0 aromatic heterocycles. The van der Waals surface area contributed by atoms with Gasteiger partial charge in [0, 0.05) is 0 Å². The molecule has 0 saturated carbocycles. The zero-order valence-electron chi connectivity index (χ0n) is 8.29. The molecule has 0 aliphatic carbocycles. The van der Waals surface area contributed by atoms with Crippen molar-refractivity contribution in [2.75, 3.05) is 13.7 Å². The number of carbonyl (C=O) groups excluding carboxylic acids is 3. The quantitative estimate of drug-likeness (QED) is 0.481. The number of nitrogens with one attached hydrogen (secondary N) is 1. The van der Waals surface area contributed by atoms with Crippen molar-refractivity contribution in [3.63, 3.8) is 0 Å². The highest BCUT2D eigenvalue weighted by atomic mass is 16.5. The van der Waals surface area contributed by atoms with E-state index in [-0.39, 0.29) is 6.54 Å². The standard InChI is InChI=1S/C8H12N2O4/c1-8(2)6(12)9-7(13)10(8)4-5(11)14-3/h4H2,1-3H3,(H,9,12,13). The molecule has 1 aliphatic heterocycles. The summed E-state index contributed by atoms with van der Waals surface area (Å²) in [5, 5.41) is 2.13. The van der Waals surface area contributed by atoms with Crippen molar-refractivity contribution in [3.05, 3.63) is 0 Å². The molecule has 0 radical (unpaired) electrons. The van der Waals surface area contributed by atoms with E-state index in [4.69, 9.17) is 0 Å². The lowest BCUT2D eigenvalue weighted by atomic mass is 10.0. The summed E-state index contributed by atoms with van der Waals surface area (Å²) in [4.78, 5) is 34.6. The average molecular weight is 200 g/mol. The number of imide groups is 1. The normalized spacial score (nSPS) is 19.5. The third-order valence-corrected chi connectivity index (χ3v) is 2.21. The molecule has 0 spiro atoms. The number of ether oxygens (including phenoxy) is 1. The highest BCUT2D eigenvalue weighted by molar-refractivity contribution is 6.07. The number of rotatable bonds is 2. The zero-order valence-corrected chi connectivity index (χ0v) is 8.29. The molecule has 0 bridgehead atoms. The number of esters is 1. The summed E-state index contributed by atoms with van der Waals surface area (Å²) in [7, 11) is 1.23. The van der Waals surface area contributed by atoms with Crippen LogP contribution in [0.15, 0.2) is 0 Å². The lowest BCUT2D eigenvalue weighted by Crippen LogP contribution is -2.46. The van der Waals surface area contributed by atoms with Gasteiger partial charge in [-0.1, -0.05) is 0 Å². The van der Waals surface area contributed by atoms with E-state index in [0.717, 1.165) is 4.90 Å². The Morgan fingerprint density at radius 1 is 1.50 bits per heavy atom. The van der Waals surface area contributed by atoms with Crippen LogP contribution < -0.4 is 5.32 Å². The Bertz CT molecular complexity index is 298. The van der Waals surface area contributed by atoms with Gasteiger partial charge >= 0.3 is 12.0 Å². The van der Waals surface area contributed by atoms with Crippen LogP contribution in [0.4, 0.5) is 4.79 Å². The number of hydrogen-bond acceptors (Lipinski definition) is 4. The maximum absolute atomic E-state index is 11.3. The molecule has 1 fully saturated rings. The zero-order chi connectivity index (χ0) is 10.9. The van der Waals surface area contributed by atoms with E-state index in [0.29, 0.717) is 0 Å². The fraction of sp³-hybridized carbons (Fsp3) is 0.625. The van der Waals surface area contributed by atoms with Gasteiger partial charge in [-0.05, 0) is 13.8 Å². The smallest absolute Gasteiger partial charge is 0.325 e. The first-order valence-corrected chi connectivity index (χ1v) is 4.09. The minimum Gasteiger partial charge on any atom is -0.468 e. The number of nitrogens with zero attached hydrogens (tertiary/aromatic N) is 1. The summed E-state index contributed by atoms with van der Waals surface area (Å²) in [6.45, 7) is 2.91. The Morgan fingerprint density at radius 3 is 2.43 bits per heavy atom. The Balaban J connectivity index is 2.82. The molecule has 78 valence electrons. The molecule has 0 aromatic carbocycles. The second-order valence-corrected chi connectivity index (χ2v) is 3.48. The topological polar surface area (TPSA) is 75.7 Å². The van der Waals surface area contributed by atoms with Gasteiger partial charge in [0.25, 0.3) is 5.91 Å². The molecule has 0 atom stereocenters. The number of carbonyl (C=O) groups is 3. The van der Waals surface area contributed by atoms with E-state index in [1.54, 1.807) is 13.8 Å². The molecule has 1 heterocycles. The summed E-state index contributed by atoms with van der Waals surface area (Å²) in [6, 6.07) is -0.564. The number of methoxy groups -OCH3 is 1. The Kier molecular flexibility index (Phi) is 2.46. The summed E-state index contributed by atoms with van der Waals surface area (Å²) in [6.07, 6.45) is 0. The maximum atomic E-state index is 11.3. The fourth-order valence-electron chi connectivity index (χ4n) is 1.16. The van der Waals surface area contributed by atoms with Crippen molar-refractivity contribution in [3.8, 4) is 0 Å². The number of amides is 3. The predicted octanol–water partition coefficient (Wildman–Crippen LogP) is -0.510. The molecule has 1 aliphatic rings. The first-order chi connectivity index (χ1) is 6.39. The molecular formula is C8H12N2O4. The lowest BCUT2D eigenvalue weighted by Gasteiger charge is -2.26. The minimum atomic E-state index is -0.995. The van der Waals surface area contributed by atoms with Gasteiger partial charge in [-0.3, -0.25) is 19.8 Å². The van der Waals surface area contributed by atoms with Crippen LogP contribution in [-0.2, 0) is 14.3 Å². The highest BCUT2D eigenvalue weighted by Crippen LogP contribution is 2.20. The molecule has 1 rings (SSSR count). The molecular weight excluding hydrogens is 188 g/mol. The van der Waals surface area contributed by atoms with Crippen LogP contribution in [0.5, 0.6) is 0 Å². The third-order valence-electron chi connectivity index (χ3n) is 2.21. The van der Waals surface area contributed by atoms with Gasteiger partial charge in [-0.15, -0.1) is 0 Å². The number of hydrogen-bond donors (Lipinski definition) is 1. The molecule has 6 heteroatoms. The first kappa shape index (κ1) is 10.5. The van der Waals surface area contributed by atoms with Crippen molar-refractivity contribution < 1.29 is 19.1 Å². The van der Waals surface area contributed by atoms with E-state index in [2.05, 4.69) is 10.1 Å². The summed E-state index contributed by atoms with van der Waals surface area (Å²) in [5.41, 5.74) is -0.995. The molecule has 0 aromatic rings. The molecule has 3 amide bonds. The maximum Gasteiger partial charge on any atom is 0.325 e. The fourth-order valence-corrected chi connectivity index (χ4v) is 1.16. The van der Waals surface area contributed by atoms with Crippen LogP contribution >= 0.6 is 0 Å². The van der Waals surface area contributed by atoms with E-state index >= 15 is 0 Å². The van der Waals surface area contributed by atoms with Crippen LogP contribution in [0.2, 0.25) is 0 Å². The molecule has 0 unspecified atom stereocenters. The molecule has 14 heavy (non-hydrogen) atoms. The summed E-state index contributed by atoms with van der Waals surface area (Å²) >= 11 is 0. The lowest BCUT2D eigenvalue weighted by molar-refractivity contribution is -0.142. The van der Waals surface area contributed by atoms with Crippen molar-refractivity contribution in [2.45, 2.75) is 19.4 Å². The third kappa shape index (κ3) is 1.55. The van der Waals surface area contributed by atoms with Crippen molar-refractivity contribution in [2.24, 2.45) is 0 Å². The molecule has 1 saturated heterocycles. The van der Waals surface area contributed by atoms with Crippen LogP contribution in [0, 0.1) is 0 Å². The summed E-state index contributed by atoms with van der Waals surface area (Å²) in [5.74, 6) is -0.964. The van der Waals surface area contributed by atoms with E-state index in [1.165, 1.54) is 7.11 Å². The Morgan fingerprint density at radius 2 is 2.07 bits per heavy atom. The van der Waals surface area contributed by atoms with Crippen LogP contribution in [0.25, 0.3) is 0 Å². The van der Waals surface area contributed by atoms with Gasteiger partial charge in [-0.2, -0.15) is 0 Å². The SMILES string of the molecule is COC(=O)CN1C(=O)NC(=O)C1(C)C. The first-order valence-electron chi connectivity index (χ1n) is 4.09. The van der Waals surface area contributed by atoms with Gasteiger partial charge in [0.05, 0.1) is 7.11 Å². The predicted molar refractivity (Wildman–Crippen MR) is 46.3 cm³/mol. The van der Waals surface area contributed by atoms with E-state index < -0.39 is 23.4 Å². The second-order valence-electron chi connectivity index (χ2n) is 3.48. The highest BCUT2D eigenvalue weighted by Gasteiger charge is 2.46. The second kappa shape index (κ2) is 3.28. The minimum absolute atomic E-state index is 0.221. The Hall–Kier alpha value is -1.59. The monoisotopic (exact) mass is 200 g/mol. The van der Waals surface area contributed by atoms with E-state index in [1.807, 2.05) is 0 Å².